The summed E-state index contributed by atoms with van der Waals surface area (Å²) in [4.78, 5) is 8.15. The topological polar surface area (TPSA) is 56.0 Å². The van der Waals surface area contributed by atoms with Gasteiger partial charge in [-0.05, 0) is 6.07 Å². The zero-order valence-corrected chi connectivity index (χ0v) is 6.55. The Morgan fingerprint density at radius 2 is 2.31 bits per heavy atom. The highest BCUT2D eigenvalue weighted by Gasteiger charge is 2.01. The standard InChI is InChI=1S/C8H4N5/c1-2-9-3-6-7(1)13-5-11-12-8(13)4-10-6/h1-4H. The smallest absolute Gasteiger partial charge is 0.207 e. The van der Waals surface area contributed by atoms with Gasteiger partial charge in [0.1, 0.15) is 5.52 Å². The normalized spacial score (nSPS) is 11.1. The van der Waals surface area contributed by atoms with Crippen LogP contribution in [0.5, 0.6) is 0 Å². The molecule has 0 aromatic carbocycles. The SMILES string of the molecule is [c]1nnc2cnc3cnccc3n12. The number of fused-ring (bicyclic) bond motifs is 3. The van der Waals surface area contributed by atoms with Gasteiger partial charge in [-0.15, -0.1) is 10.2 Å². The summed E-state index contributed by atoms with van der Waals surface area (Å²) in [6, 6.07) is 1.86. The van der Waals surface area contributed by atoms with Gasteiger partial charge in [0.05, 0.1) is 17.9 Å². The molecule has 5 nitrogen and oxygen atoms in total. The van der Waals surface area contributed by atoms with E-state index in [0.717, 1.165) is 11.0 Å². The van der Waals surface area contributed by atoms with Gasteiger partial charge in [-0.2, -0.15) is 0 Å². The molecule has 0 aliphatic rings. The van der Waals surface area contributed by atoms with Crippen LogP contribution in [0.25, 0.3) is 16.7 Å². The Morgan fingerprint density at radius 3 is 3.31 bits per heavy atom. The van der Waals surface area contributed by atoms with Gasteiger partial charge in [0, 0.05) is 6.20 Å². The van der Waals surface area contributed by atoms with Crippen LogP contribution in [0, 0.1) is 6.33 Å². The third-order valence-corrected chi connectivity index (χ3v) is 1.86. The molecule has 3 rings (SSSR count). The van der Waals surface area contributed by atoms with Crippen molar-refractivity contribution in [3.8, 4) is 0 Å². The van der Waals surface area contributed by atoms with Gasteiger partial charge in [-0.25, -0.2) is 4.98 Å². The molecule has 3 aromatic heterocycles. The summed E-state index contributed by atoms with van der Waals surface area (Å²) in [6.07, 6.45) is 7.80. The quantitative estimate of drug-likeness (QED) is 0.492. The monoisotopic (exact) mass is 170 g/mol. The number of pyridine rings is 1. The molecule has 61 valence electrons. The highest BCUT2D eigenvalue weighted by Crippen LogP contribution is 2.09. The van der Waals surface area contributed by atoms with Crippen LogP contribution in [0.15, 0.2) is 24.7 Å². The maximum Gasteiger partial charge on any atom is 0.207 e. The zero-order valence-electron chi connectivity index (χ0n) is 6.55. The molecule has 0 saturated carbocycles. The molecule has 3 heterocycles. The van der Waals surface area contributed by atoms with Crippen molar-refractivity contribution in [1.82, 2.24) is 24.6 Å². The van der Waals surface area contributed by atoms with Crippen LogP contribution in [0.4, 0.5) is 0 Å². The lowest BCUT2D eigenvalue weighted by molar-refractivity contribution is 1.10. The van der Waals surface area contributed by atoms with Crippen LogP contribution < -0.4 is 0 Å². The Bertz CT molecular complexity index is 571. The maximum atomic E-state index is 4.18. The predicted octanol–water partition coefficient (Wildman–Crippen LogP) is 0.473. The fraction of sp³-hybridized carbons (Fsp3) is 0. The van der Waals surface area contributed by atoms with Crippen molar-refractivity contribution in [1.29, 1.82) is 0 Å². The molecular weight excluding hydrogens is 166 g/mol. The molecule has 0 atom stereocenters. The molecule has 0 aliphatic carbocycles. The lowest BCUT2D eigenvalue weighted by Crippen LogP contribution is -1.90. The minimum absolute atomic E-state index is 0.693. The summed E-state index contributed by atoms with van der Waals surface area (Å²) < 4.78 is 1.75. The van der Waals surface area contributed by atoms with Crippen LogP contribution in [-0.2, 0) is 0 Å². The van der Waals surface area contributed by atoms with E-state index in [4.69, 9.17) is 0 Å². The van der Waals surface area contributed by atoms with Crippen molar-refractivity contribution >= 4 is 16.7 Å². The summed E-state index contributed by atoms with van der Waals surface area (Å²) in [7, 11) is 0. The van der Waals surface area contributed by atoms with Gasteiger partial charge >= 0.3 is 0 Å². The van der Waals surface area contributed by atoms with Crippen LogP contribution in [0.1, 0.15) is 0 Å². The molecule has 0 aliphatic heterocycles. The molecule has 0 spiro atoms. The molecule has 1 radical (unpaired) electrons. The van der Waals surface area contributed by atoms with E-state index in [0.29, 0.717) is 5.65 Å². The van der Waals surface area contributed by atoms with Gasteiger partial charge in [-0.3, -0.25) is 9.38 Å². The lowest BCUT2D eigenvalue weighted by Gasteiger charge is -1.96. The second-order valence-electron chi connectivity index (χ2n) is 2.62. The molecule has 0 fully saturated rings. The number of nitrogens with zero attached hydrogens (tertiary/aromatic N) is 5. The maximum absolute atomic E-state index is 4.18. The fourth-order valence-corrected chi connectivity index (χ4v) is 1.27. The van der Waals surface area contributed by atoms with E-state index >= 15 is 0 Å². The Hall–Kier alpha value is -2.04. The predicted molar refractivity (Wildman–Crippen MR) is 44.9 cm³/mol. The lowest BCUT2D eigenvalue weighted by atomic mass is 10.4. The number of hydrogen-bond acceptors (Lipinski definition) is 4. The summed E-state index contributed by atoms with van der Waals surface area (Å²) in [5.41, 5.74) is 2.42. The van der Waals surface area contributed by atoms with E-state index in [9.17, 15) is 0 Å². The largest absolute Gasteiger partial charge is 0.269 e. The zero-order chi connectivity index (χ0) is 8.67. The van der Waals surface area contributed by atoms with Crippen LogP contribution in [0.3, 0.4) is 0 Å². The molecule has 0 unspecified atom stereocenters. The molecule has 0 saturated heterocycles. The van der Waals surface area contributed by atoms with Gasteiger partial charge in [0.25, 0.3) is 0 Å². The Morgan fingerprint density at radius 1 is 1.31 bits per heavy atom. The second kappa shape index (κ2) is 2.22. The van der Waals surface area contributed by atoms with Crippen molar-refractivity contribution in [3.63, 3.8) is 0 Å². The average Bonchev–Trinajstić information content (AvgIpc) is 2.65. The van der Waals surface area contributed by atoms with E-state index in [-0.39, 0.29) is 0 Å². The molecule has 13 heavy (non-hydrogen) atoms. The second-order valence-corrected chi connectivity index (χ2v) is 2.62. The van der Waals surface area contributed by atoms with Crippen LogP contribution >= 0.6 is 0 Å². The minimum Gasteiger partial charge on any atom is -0.269 e. The molecule has 5 heteroatoms. The van der Waals surface area contributed by atoms with Crippen molar-refractivity contribution < 1.29 is 0 Å². The average molecular weight is 170 g/mol. The first-order valence-electron chi connectivity index (χ1n) is 3.77. The summed E-state index contributed by atoms with van der Waals surface area (Å²) in [5, 5.41) is 7.52. The first-order valence-corrected chi connectivity index (χ1v) is 3.77. The Balaban J connectivity index is 2.65. The third kappa shape index (κ3) is 0.807. The van der Waals surface area contributed by atoms with Gasteiger partial charge in [0.2, 0.25) is 6.33 Å². The number of aromatic nitrogens is 5. The summed E-state index contributed by atoms with van der Waals surface area (Å²) >= 11 is 0. The van der Waals surface area contributed by atoms with E-state index in [2.05, 4.69) is 26.5 Å². The van der Waals surface area contributed by atoms with Crippen molar-refractivity contribution in [2.24, 2.45) is 0 Å². The number of rotatable bonds is 0. The van der Waals surface area contributed by atoms with Gasteiger partial charge in [0.15, 0.2) is 5.65 Å². The first-order chi connectivity index (χ1) is 6.45. The van der Waals surface area contributed by atoms with Crippen molar-refractivity contribution in [2.45, 2.75) is 0 Å². The van der Waals surface area contributed by atoms with Crippen molar-refractivity contribution in [2.75, 3.05) is 0 Å². The number of hydrogen-bond donors (Lipinski definition) is 0. The van der Waals surface area contributed by atoms with Crippen molar-refractivity contribution in [3.05, 3.63) is 31.0 Å². The van der Waals surface area contributed by atoms with Crippen LogP contribution in [0.2, 0.25) is 0 Å². The molecule has 0 amide bonds. The molecule has 3 aromatic rings. The molecular formula is C8H4N5. The van der Waals surface area contributed by atoms with E-state index < -0.39 is 0 Å². The van der Waals surface area contributed by atoms with E-state index in [1.54, 1.807) is 23.0 Å². The third-order valence-electron chi connectivity index (χ3n) is 1.86. The van der Waals surface area contributed by atoms with E-state index in [1.165, 1.54) is 0 Å². The van der Waals surface area contributed by atoms with Crippen LogP contribution in [-0.4, -0.2) is 24.6 Å². The fourth-order valence-electron chi connectivity index (χ4n) is 1.27. The highest BCUT2D eigenvalue weighted by atomic mass is 15.2. The molecule has 0 N–H and O–H groups in total. The summed E-state index contributed by atoms with van der Waals surface area (Å²) in [5.74, 6) is 0. The van der Waals surface area contributed by atoms with Gasteiger partial charge in [-0.1, -0.05) is 0 Å². The van der Waals surface area contributed by atoms with E-state index in [1.807, 2.05) is 6.07 Å². The Labute approximate surface area is 73.1 Å². The molecule has 0 bridgehead atoms. The Kier molecular flexibility index (Phi) is 1.11. The summed E-state index contributed by atoms with van der Waals surface area (Å²) in [6.45, 7) is 0. The van der Waals surface area contributed by atoms with Gasteiger partial charge < -0.3 is 0 Å². The highest BCUT2D eigenvalue weighted by molar-refractivity contribution is 5.75. The first kappa shape index (κ1) is 6.47. The minimum atomic E-state index is 0.693.